The average molecular weight is 604 g/mol. The molecule has 0 amide bonds. The second-order valence-electron chi connectivity index (χ2n) is 17.2. The van der Waals surface area contributed by atoms with Gasteiger partial charge in [-0.05, 0) is 122 Å². The molecule has 4 fully saturated rings. The third-order valence-electron chi connectivity index (χ3n) is 14.7. The number of carboxylic acids is 1. The van der Waals surface area contributed by atoms with Gasteiger partial charge in [0.25, 0.3) is 0 Å². The molecule has 5 aliphatic rings. The van der Waals surface area contributed by atoms with Crippen molar-refractivity contribution in [2.24, 2.45) is 56.2 Å². The first kappa shape index (κ1) is 31.5. The lowest BCUT2D eigenvalue weighted by Crippen LogP contribution is -2.66. The zero-order valence-electron chi connectivity index (χ0n) is 28.0. The Morgan fingerprint density at radius 2 is 1.68 bits per heavy atom. The lowest BCUT2D eigenvalue weighted by Gasteiger charge is -2.70. The van der Waals surface area contributed by atoms with E-state index in [-0.39, 0.29) is 62.5 Å². The van der Waals surface area contributed by atoms with Gasteiger partial charge in [0.15, 0.2) is 5.78 Å². The fraction of sp³-hybridized carbons (Fsp3) is 0.737. The Bertz CT molecular complexity index is 1380. The number of ether oxygens (including phenoxy) is 1. The van der Waals surface area contributed by atoms with Crippen molar-refractivity contribution in [2.45, 2.75) is 113 Å². The maximum absolute atomic E-state index is 14.6. The van der Waals surface area contributed by atoms with Crippen LogP contribution in [0.3, 0.4) is 0 Å². The zero-order valence-corrected chi connectivity index (χ0v) is 28.0. The summed E-state index contributed by atoms with van der Waals surface area (Å²) in [5, 5.41) is 10.2. The predicted molar refractivity (Wildman–Crippen MR) is 169 cm³/mol. The Morgan fingerprint density at radius 1 is 0.955 bits per heavy atom. The normalized spacial score (nSPS) is 44.2. The summed E-state index contributed by atoms with van der Waals surface area (Å²) in [5.74, 6) is -0.530. The van der Waals surface area contributed by atoms with Gasteiger partial charge in [0.2, 0.25) is 0 Å². The van der Waals surface area contributed by atoms with Crippen LogP contribution in [0.4, 0.5) is 0 Å². The van der Waals surface area contributed by atoms with Gasteiger partial charge in [-0.1, -0.05) is 53.2 Å². The quantitative estimate of drug-likeness (QED) is 0.345. The molecule has 1 aromatic rings. The maximum atomic E-state index is 14.6. The molecule has 1 aromatic heterocycles. The van der Waals surface area contributed by atoms with E-state index in [1.807, 2.05) is 31.2 Å². The van der Waals surface area contributed by atoms with Gasteiger partial charge >= 0.3 is 11.9 Å². The fourth-order valence-corrected chi connectivity index (χ4v) is 11.7. The molecular formula is C38H53NO5. The Balaban J connectivity index is 1.28. The molecule has 6 nitrogen and oxygen atoms in total. The van der Waals surface area contributed by atoms with E-state index in [0.29, 0.717) is 25.9 Å². The minimum atomic E-state index is -0.748. The highest BCUT2D eigenvalue weighted by Gasteiger charge is 2.70. The van der Waals surface area contributed by atoms with E-state index in [4.69, 9.17) is 4.74 Å². The summed E-state index contributed by atoms with van der Waals surface area (Å²) >= 11 is 0. The average Bonchev–Trinajstić information content (AvgIpc) is 2.95. The van der Waals surface area contributed by atoms with Crippen LogP contribution in [0.15, 0.2) is 36.0 Å². The highest BCUT2D eigenvalue weighted by molar-refractivity contribution is 5.95. The number of carbonyl (C=O) groups excluding carboxylic acids is 2. The zero-order chi connectivity index (χ0) is 31.9. The number of hydrogen-bond donors (Lipinski definition) is 1. The van der Waals surface area contributed by atoms with Crippen molar-refractivity contribution in [3.05, 3.63) is 41.7 Å². The first-order chi connectivity index (χ1) is 20.5. The van der Waals surface area contributed by atoms with Crippen molar-refractivity contribution >= 4 is 17.7 Å². The minimum absolute atomic E-state index is 0.0435. The molecular weight excluding hydrogens is 550 g/mol. The molecule has 9 atom stereocenters. The van der Waals surface area contributed by atoms with Gasteiger partial charge in [-0.25, -0.2) is 0 Å². The topological polar surface area (TPSA) is 93.6 Å². The van der Waals surface area contributed by atoms with E-state index in [0.717, 1.165) is 50.6 Å². The van der Waals surface area contributed by atoms with Crippen LogP contribution in [0, 0.1) is 56.2 Å². The molecule has 0 aliphatic heterocycles. The van der Waals surface area contributed by atoms with Gasteiger partial charge in [0.1, 0.15) is 0 Å². The minimum Gasteiger partial charge on any atom is -0.481 e. The molecule has 5 aliphatic carbocycles. The highest BCUT2D eigenvalue weighted by Crippen LogP contribution is 2.75. The molecule has 0 bridgehead atoms. The SMILES string of the molecule is CC1(C)[C@@H](C(=O)OCCc2ccccn2)CC[C@]2(C)[C@H]3C(=O)C=C4[C@@H]5C[C@@](C)(C(=O)O)CC[C@]5(C)CC[C@@]4(C)[C@]3(C)CC[C@@H]12. The summed E-state index contributed by atoms with van der Waals surface area (Å²) in [6, 6.07) is 5.79. The lowest BCUT2D eigenvalue weighted by atomic mass is 9.33. The van der Waals surface area contributed by atoms with Crippen LogP contribution in [-0.4, -0.2) is 34.4 Å². The largest absolute Gasteiger partial charge is 0.481 e. The van der Waals surface area contributed by atoms with Crippen LogP contribution in [0.25, 0.3) is 0 Å². The molecule has 6 rings (SSSR count). The third-order valence-corrected chi connectivity index (χ3v) is 14.7. The van der Waals surface area contributed by atoms with Gasteiger partial charge < -0.3 is 9.84 Å². The van der Waals surface area contributed by atoms with Crippen molar-refractivity contribution in [3.63, 3.8) is 0 Å². The summed E-state index contributed by atoms with van der Waals surface area (Å²) in [5.41, 5.74) is 0.600. The number of nitrogens with zero attached hydrogens (tertiary/aromatic N) is 1. The van der Waals surface area contributed by atoms with E-state index in [1.165, 1.54) is 5.57 Å². The first-order valence-corrected chi connectivity index (χ1v) is 17.1. The van der Waals surface area contributed by atoms with Gasteiger partial charge in [0.05, 0.1) is 17.9 Å². The fourth-order valence-electron chi connectivity index (χ4n) is 11.7. The maximum Gasteiger partial charge on any atom is 0.309 e. The number of pyridine rings is 1. The number of carboxylic acid groups (broad SMARTS) is 1. The van der Waals surface area contributed by atoms with Crippen LogP contribution in [0.2, 0.25) is 0 Å². The molecule has 0 unspecified atom stereocenters. The number of hydrogen-bond acceptors (Lipinski definition) is 5. The van der Waals surface area contributed by atoms with Crippen LogP contribution in [-0.2, 0) is 25.5 Å². The van der Waals surface area contributed by atoms with Crippen LogP contribution >= 0.6 is 0 Å². The highest BCUT2D eigenvalue weighted by atomic mass is 16.5. The Kier molecular flexibility index (Phi) is 7.34. The van der Waals surface area contributed by atoms with E-state index in [9.17, 15) is 19.5 Å². The molecule has 1 heterocycles. The number of rotatable bonds is 5. The number of aromatic nitrogens is 1. The van der Waals surface area contributed by atoms with Crippen molar-refractivity contribution in [1.82, 2.24) is 4.98 Å². The van der Waals surface area contributed by atoms with E-state index < -0.39 is 11.4 Å². The van der Waals surface area contributed by atoms with Crippen molar-refractivity contribution in [3.8, 4) is 0 Å². The first-order valence-electron chi connectivity index (χ1n) is 17.1. The molecule has 240 valence electrons. The summed E-state index contributed by atoms with van der Waals surface area (Å²) in [7, 11) is 0. The summed E-state index contributed by atoms with van der Waals surface area (Å²) in [4.78, 5) is 44.9. The van der Waals surface area contributed by atoms with Crippen LogP contribution in [0.5, 0.6) is 0 Å². The Labute approximate surface area is 263 Å². The molecule has 44 heavy (non-hydrogen) atoms. The predicted octanol–water partition coefficient (Wildman–Crippen LogP) is 7.85. The number of aliphatic carboxylic acids is 1. The van der Waals surface area contributed by atoms with Crippen LogP contribution in [0.1, 0.15) is 112 Å². The van der Waals surface area contributed by atoms with Crippen molar-refractivity contribution < 1.29 is 24.2 Å². The molecule has 0 aromatic carbocycles. The molecule has 4 saturated carbocycles. The van der Waals surface area contributed by atoms with Gasteiger partial charge in [-0.15, -0.1) is 0 Å². The monoisotopic (exact) mass is 603 g/mol. The number of ketones is 1. The lowest BCUT2D eigenvalue weighted by molar-refractivity contribution is -0.199. The Hall–Kier alpha value is -2.50. The molecule has 0 radical (unpaired) electrons. The standard InChI is InChI=1S/C38H53NO5/c1-33(2)25(31(41)44-21-13-24-10-8-9-20-39-24)11-14-36(5)29(33)12-15-38(7)30(36)28(40)22-26-27-23-35(4,32(42)43)17-16-34(27,3)18-19-37(26,38)6/h8-10,20,22,25,27,29-30H,11-19,21,23H2,1-7H3,(H,42,43)/t25-,27+,29+,30-,34-,35+,36+,37-,38-/m1/s1. The molecule has 0 spiro atoms. The summed E-state index contributed by atoms with van der Waals surface area (Å²) < 4.78 is 5.86. The van der Waals surface area contributed by atoms with E-state index >= 15 is 0 Å². The second-order valence-corrected chi connectivity index (χ2v) is 17.2. The van der Waals surface area contributed by atoms with E-state index in [2.05, 4.69) is 46.5 Å². The number of esters is 1. The molecule has 6 heteroatoms. The van der Waals surface area contributed by atoms with Crippen molar-refractivity contribution in [1.29, 1.82) is 0 Å². The van der Waals surface area contributed by atoms with Gasteiger partial charge in [0, 0.05) is 24.2 Å². The summed E-state index contributed by atoms with van der Waals surface area (Å²) in [6.45, 7) is 16.2. The van der Waals surface area contributed by atoms with Crippen LogP contribution < -0.4 is 0 Å². The number of allylic oxidation sites excluding steroid dienone is 2. The third kappa shape index (κ3) is 4.39. The smallest absolute Gasteiger partial charge is 0.309 e. The Morgan fingerprint density at radius 3 is 2.36 bits per heavy atom. The number of fused-ring (bicyclic) bond motifs is 7. The summed E-state index contributed by atoms with van der Waals surface area (Å²) in [6.07, 6.45) is 12.2. The van der Waals surface area contributed by atoms with Crippen molar-refractivity contribution in [2.75, 3.05) is 6.61 Å². The van der Waals surface area contributed by atoms with Gasteiger partial charge in [-0.3, -0.25) is 19.4 Å². The van der Waals surface area contributed by atoms with E-state index in [1.54, 1.807) is 6.20 Å². The second kappa shape index (κ2) is 10.3. The molecule has 0 saturated heterocycles. The molecule has 1 N–H and O–H groups in total. The van der Waals surface area contributed by atoms with Gasteiger partial charge in [-0.2, -0.15) is 0 Å². The number of carbonyl (C=O) groups is 3.